The molecule has 0 spiro atoms. The lowest BCUT2D eigenvalue weighted by atomic mass is 10.0. The highest BCUT2D eigenvalue weighted by Gasteiger charge is 2.16. The summed E-state index contributed by atoms with van der Waals surface area (Å²) in [5.41, 5.74) is 10.7. The zero-order valence-corrected chi connectivity index (χ0v) is 19.0. The quantitative estimate of drug-likeness (QED) is 0.290. The van der Waals surface area contributed by atoms with Crippen LogP contribution in [0.1, 0.15) is 25.3 Å². The van der Waals surface area contributed by atoms with Crippen LogP contribution in [0, 0.1) is 0 Å². The Hall–Kier alpha value is -2.74. The van der Waals surface area contributed by atoms with Crippen LogP contribution in [0.15, 0.2) is 59.3 Å². The first-order valence-corrected chi connectivity index (χ1v) is 12.2. The molecule has 0 atom stereocenters. The van der Waals surface area contributed by atoms with E-state index in [1.54, 1.807) is 22.7 Å². The highest BCUT2D eigenvalue weighted by atomic mass is 32.1. The van der Waals surface area contributed by atoms with Crippen molar-refractivity contribution in [2.24, 2.45) is 0 Å². The Morgan fingerprint density at radius 2 is 1.73 bits per heavy atom. The van der Waals surface area contributed by atoms with Crippen molar-refractivity contribution in [3.05, 3.63) is 64.9 Å². The number of nitrogens with one attached hydrogen (secondary N) is 1. The SMILES string of the molecule is CC(C)c1ccc(Nc2nc(N)c(-c3nc(-c4csc5ccccc45)cs3)s2)cc1. The fourth-order valence-corrected chi connectivity index (χ4v) is 6.07. The number of rotatable bonds is 5. The fraction of sp³-hybridized carbons (Fsp3) is 0.130. The molecule has 150 valence electrons. The Balaban J connectivity index is 1.41. The maximum atomic E-state index is 6.24. The molecule has 0 radical (unpaired) electrons. The number of nitrogens with two attached hydrogens (primary N) is 1. The van der Waals surface area contributed by atoms with Crippen molar-refractivity contribution < 1.29 is 0 Å². The number of hydrogen-bond donors (Lipinski definition) is 2. The first-order valence-electron chi connectivity index (χ1n) is 9.64. The lowest BCUT2D eigenvalue weighted by Gasteiger charge is -2.07. The Bertz CT molecular complexity index is 1310. The maximum Gasteiger partial charge on any atom is 0.189 e. The van der Waals surface area contributed by atoms with Gasteiger partial charge in [0, 0.05) is 32.1 Å². The molecule has 3 N–H and O–H groups in total. The van der Waals surface area contributed by atoms with Gasteiger partial charge < -0.3 is 11.1 Å². The van der Waals surface area contributed by atoms with E-state index in [1.807, 2.05) is 0 Å². The van der Waals surface area contributed by atoms with Gasteiger partial charge in [-0.3, -0.25) is 0 Å². The second-order valence-electron chi connectivity index (χ2n) is 7.32. The predicted molar refractivity (Wildman–Crippen MR) is 132 cm³/mol. The average molecular weight is 449 g/mol. The number of aromatic nitrogens is 2. The third-order valence-electron chi connectivity index (χ3n) is 4.94. The monoisotopic (exact) mass is 448 g/mol. The van der Waals surface area contributed by atoms with Gasteiger partial charge in [0.1, 0.15) is 15.7 Å². The summed E-state index contributed by atoms with van der Waals surface area (Å²) in [4.78, 5) is 10.3. The number of fused-ring (bicyclic) bond motifs is 1. The Kier molecular flexibility index (Phi) is 5.02. The molecule has 3 heterocycles. The molecule has 0 aliphatic carbocycles. The molecule has 0 saturated heterocycles. The summed E-state index contributed by atoms with van der Waals surface area (Å²) >= 11 is 4.89. The molecule has 0 amide bonds. The zero-order chi connectivity index (χ0) is 20.7. The minimum Gasteiger partial charge on any atom is -0.382 e. The van der Waals surface area contributed by atoms with Crippen LogP contribution >= 0.6 is 34.0 Å². The Labute approximate surface area is 187 Å². The summed E-state index contributed by atoms with van der Waals surface area (Å²) in [5.74, 6) is 1.03. The largest absolute Gasteiger partial charge is 0.382 e. The molecule has 0 bridgehead atoms. The van der Waals surface area contributed by atoms with Gasteiger partial charge >= 0.3 is 0 Å². The second kappa shape index (κ2) is 7.83. The third-order valence-corrected chi connectivity index (χ3v) is 7.88. The summed E-state index contributed by atoms with van der Waals surface area (Å²) in [6.07, 6.45) is 0. The molecule has 30 heavy (non-hydrogen) atoms. The van der Waals surface area contributed by atoms with Crippen LogP contribution in [0.3, 0.4) is 0 Å². The highest BCUT2D eigenvalue weighted by molar-refractivity contribution is 7.23. The van der Waals surface area contributed by atoms with E-state index in [0.717, 1.165) is 26.4 Å². The summed E-state index contributed by atoms with van der Waals surface area (Å²) in [6, 6.07) is 16.9. The van der Waals surface area contributed by atoms with Crippen molar-refractivity contribution in [3.63, 3.8) is 0 Å². The number of hydrogen-bond acceptors (Lipinski definition) is 7. The predicted octanol–water partition coefficient (Wildman–Crippen LogP) is 7.60. The summed E-state index contributed by atoms with van der Waals surface area (Å²) in [5, 5.41) is 10.6. The maximum absolute atomic E-state index is 6.24. The van der Waals surface area contributed by atoms with Crippen molar-refractivity contribution in [1.82, 2.24) is 9.97 Å². The summed E-state index contributed by atoms with van der Waals surface area (Å²) < 4.78 is 1.27. The Morgan fingerprint density at radius 1 is 0.933 bits per heavy atom. The van der Waals surface area contributed by atoms with E-state index in [2.05, 4.69) is 83.4 Å². The van der Waals surface area contributed by atoms with Crippen molar-refractivity contribution in [2.45, 2.75) is 19.8 Å². The molecule has 0 saturated carbocycles. The molecule has 3 aromatic heterocycles. The molecule has 5 aromatic rings. The summed E-state index contributed by atoms with van der Waals surface area (Å²) in [7, 11) is 0. The van der Waals surface area contributed by atoms with E-state index in [1.165, 1.54) is 32.5 Å². The van der Waals surface area contributed by atoms with E-state index in [0.29, 0.717) is 11.7 Å². The van der Waals surface area contributed by atoms with Gasteiger partial charge in [-0.1, -0.05) is 55.5 Å². The van der Waals surface area contributed by atoms with Gasteiger partial charge in [0.25, 0.3) is 0 Å². The van der Waals surface area contributed by atoms with Gasteiger partial charge in [0.2, 0.25) is 0 Å². The molecule has 0 aliphatic heterocycles. The molecule has 4 nitrogen and oxygen atoms in total. The van der Waals surface area contributed by atoms with E-state index in [-0.39, 0.29) is 0 Å². The van der Waals surface area contributed by atoms with Gasteiger partial charge in [-0.15, -0.1) is 22.7 Å². The van der Waals surface area contributed by atoms with E-state index >= 15 is 0 Å². The second-order valence-corrected chi connectivity index (χ2v) is 10.1. The Morgan fingerprint density at radius 3 is 2.53 bits per heavy atom. The topological polar surface area (TPSA) is 63.8 Å². The molecular formula is C23H20N4S3. The van der Waals surface area contributed by atoms with Crippen LogP contribution in [0.4, 0.5) is 16.6 Å². The fourth-order valence-electron chi connectivity index (χ4n) is 3.29. The smallest absolute Gasteiger partial charge is 0.189 e. The van der Waals surface area contributed by atoms with E-state index in [9.17, 15) is 0 Å². The van der Waals surface area contributed by atoms with Crippen LogP contribution in [0.2, 0.25) is 0 Å². The van der Waals surface area contributed by atoms with Gasteiger partial charge in [0.15, 0.2) is 5.13 Å². The van der Waals surface area contributed by atoms with Crippen molar-refractivity contribution in [3.8, 4) is 21.1 Å². The van der Waals surface area contributed by atoms with Crippen molar-refractivity contribution in [1.29, 1.82) is 0 Å². The molecular weight excluding hydrogens is 428 g/mol. The van der Waals surface area contributed by atoms with Crippen molar-refractivity contribution in [2.75, 3.05) is 11.1 Å². The molecule has 2 aromatic carbocycles. The average Bonchev–Trinajstić information content (AvgIpc) is 3.46. The minimum absolute atomic E-state index is 0.511. The van der Waals surface area contributed by atoms with Crippen LogP contribution in [0.25, 0.3) is 31.2 Å². The van der Waals surface area contributed by atoms with Crippen molar-refractivity contribution >= 4 is 60.7 Å². The summed E-state index contributed by atoms with van der Waals surface area (Å²) in [6.45, 7) is 4.38. The molecule has 7 heteroatoms. The van der Waals surface area contributed by atoms with Gasteiger partial charge in [0.05, 0.1) is 5.69 Å². The van der Waals surface area contributed by atoms with Gasteiger partial charge in [-0.25, -0.2) is 9.97 Å². The number of nitrogen functional groups attached to an aromatic ring is 1. The van der Waals surface area contributed by atoms with Gasteiger partial charge in [-0.05, 0) is 29.7 Å². The molecule has 5 rings (SSSR count). The van der Waals surface area contributed by atoms with E-state index < -0.39 is 0 Å². The van der Waals surface area contributed by atoms with Crippen LogP contribution in [-0.4, -0.2) is 9.97 Å². The molecule has 0 aliphatic rings. The first kappa shape index (κ1) is 19.2. The lowest BCUT2D eigenvalue weighted by molar-refractivity contribution is 0.867. The number of thiazole rings is 2. The van der Waals surface area contributed by atoms with Gasteiger partial charge in [-0.2, -0.15) is 0 Å². The number of nitrogens with zero attached hydrogens (tertiary/aromatic N) is 2. The van der Waals surface area contributed by atoms with Crippen LogP contribution in [0.5, 0.6) is 0 Å². The van der Waals surface area contributed by atoms with E-state index in [4.69, 9.17) is 10.7 Å². The zero-order valence-electron chi connectivity index (χ0n) is 16.5. The minimum atomic E-state index is 0.511. The highest BCUT2D eigenvalue weighted by Crippen LogP contribution is 2.41. The molecule has 0 unspecified atom stereocenters. The third kappa shape index (κ3) is 3.60. The normalized spacial score (nSPS) is 11.4. The van der Waals surface area contributed by atoms with Crippen LogP contribution < -0.4 is 11.1 Å². The number of benzene rings is 2. The molecule has 0 fully saturated rings. The lowest BCUT2D eigenvalue weighted by Crippen LogP contribution is -1.92. The first-order chi connectivity index (χ1) is 14.6. The standard InChI is InChI=1S/C23H20N4S3/c1-13(2)14-7-9-15(10-8-14)25-23-27-21(24)20(30-23)22-26-18(12-29-22)17-11-28-19-6-4-3-5-16(17)19/h3-13H,24H2,1-2H3,(H,25,27). The number of thiophene rings is 1. The number of anilines is 3. The van der Waals surface area contributed by atoms with Crippen LogP contribution in [-0.2, 0) is 0 Å².